The van der Waals surface area contributed by atoms with Crippen LogP contribution in [0, 0.1) is 13.8 Å². The van der Waals surface area contributed by atoms with E-state index in [1.807, 2.05) is 56.3 Å². The molecule has 140 valence electrons. The predicted molar refractivity (Wildman–Crippen MR) is 109 cm³/mol. The summed E-state index contributed by atoms with van der Waals surface area (Å²) in [6.07, 6.45) is 0. The molecule has 0 aliphatic carbocycles. The maximum atomic E-state index is 12.6. The number of rotatable bonds is 2. The molecule has 6 nitrogen and oxygen atoms in total. The Morgan fingerprint density at radius 2 is 1.57 bits per heavy atom. The maximum absolute atomic E-state index is 12.6. The molecule has 0 spiro atoms. The van der Waals surface area contributed by atoms with Crippen molar-refractivity contribution < 1.29 is 14.3 Å². The van der Waals surface area contributed by atoms with E-state index in [4.69, 9.17) is 4.74 Å². The van der Waals surface area contributed by atoms with Gasteiger partial charge in [0.1, 0.15) is 5.75 Å². The number of benzene rings is 3. The van der Waals surface area contributed by atoms with E-state index in [-0.39, 0.29) is 11.9 Å². The van der Waals surface area contributed by atoms with Crippen molar-refractivity contribution in [1.82, 2.24) is 0 Å². The van der Waals surface area contributed by atoms with Gasteiger partial charge in [-0.25, -0.2) is 4.79 Å². The molecule has 0 aromatic heterocycles. The quantitative estimate of drug-likeness (QED) is 0.570. The number of aryl methyl sites for hydroxylation is 2. The van der Waals surface area contributed by atoms with Crippen LogP contribution in [-0.4, -0.2) is 11.9 Å². The topological polar surface area (TPSA) is 79.5 Å². The second-order valence-corrected chi connectivity index (χ2v) is 6.72. The van der Waals surface area contributed by atoms with Gasteiger partial charge in [-0.15, -0.1) is 0 Å². The summed E-state index contributed by atoms with van der Waals surface area (Å²) in [5.41, 5.74) is 4.22. The Balaban J connectivity index is 1.54. The summed E-state index contributed by atoms with van der Waals surface area (Å²) in [7, 11) is 0. The SMILES string of the molecule is Cc1cccc(NC(=O)Nc2ccc3c(c2)C(=O)Nc2cc(C)ccc2O3)c1. The molecule has 1 heterocycles. The average molecular weight is 373 g/mol. The molecule has 1 aliphatic rings. The van der Waals surface area contributed by atoms with E-state index in [1.165, 1.54) is 0 Å². The molecular formula is C22H19N3O3. The Labute approximate surface area is 162 Å². The van der Waals surface area contributed by atoms with Crippen LogP contribution in [0.1, 0.15) is 21.5 Å². The van der Waals surface area contributed by atoms with Crippen LogP contribution in [0.3, 0.4) is 0 Å². The monoisotopic (exact) mass is 373 g/mol. The minimum atomic E-state index is -0.389. The van der Waals surface area contributed by atoms with Crippen LogP contribution < -0.4 is 20.7 Å². The predicted octanol–water partition coefficient (Wildman–Crippen LogP) is 5.31. The molecule has 0 atom stereocenters. The van der Waals surface area contributed by atoms with Gasteiger partial charge in [0.15, 0.2) is 5.75 Å². The number of amides is 3. The highest BCUT2D eigenvalue weighted by molar-refractivity contribution is 6.09. The third-order valence-electron chi connectivity index (χ3n) is 4.36. The molecule has 28 heavy (non-hydrogen) atoms. The van der Waals surface area contributed by atoms with Gasteiger partial charge < -0.3 is 20.7 Å². The summed E-state index contributed by atoms with van der Waals surface area (Å²) in [5, 5.41) is 8.37. The molecule has 3 aromatic rings. The molecule has 6 heteroatoms. The lowest BCUT2D eigenvalue weighted by Gasteiger charge is -2.11. The Kier molecular flexibility index (Phi) is 4.45. The molecule has 0 unspecified atom stereocenters. The van der Waals surface area contributed by atoms with Crippen molar-refractivity contribution >= 4 is 29.0 Å². The number of carbonyl (C=O) groups excluding carboxylic acids is 2. The van der Waals surface area contributed by atoms with E-state index in [2.05, 4.69) is 16.0 Å². The van der Waals surface area contributed by atoms with Crippen LogP contribution in [0.2, 0.25) is 0 Å². The van der Waals surface area contributed by atoms with Gasteiger partial charge >= 0.3 is 6.03 Å². The van der Waals surface area contributed by atoms with Crippen molar-refractivity contribution in [3.05, 3.63) is 77.4 Å². The highest BCUT2D eigenvalue weighted by Gasteiger charge is 2.21. The Morgan fingerprint density at radius 1 is 0.857 bits per heavy atom. The lowest BCUT2D eigenvalue weighted by Crippen LogP contribution is -2.20. The zero-order valence-electron chi connectivity index (χ0n) is 15.5. The van der Waals surface area contributed by atoms with Gasteiger partial charge in [0.05, 0.1) is 11.3 Å². The van der Waals surface area contributed by atoms with Crippen LogP contribution in [0.15, 0.2) is 60.7 Å². The van der Waals surface area contributed by atoms with E-state index in [0.29, 0.717) is 34.1 Å². The first kappa shape index (κ1) is 17.6. The Morgan fingerprint density at radius 3 is 2.36 bits per heavy atom. The number of hydrogen-bond acceptors (Lipinski definition) is 3. The van der Waals surface area contributed by atoms with E-state index < -0.39 is 0 Å². The number of nitrogens with one attached hydrogen (secondary N) is 3. The number of urea groups is 1. The number of anilines is 3. The Bertz CT molecular complexity index is 1090. The summed E-state index contributed by atoms with van der Waals surface area (Å²) in [6, 6.07) is 17.7. The first-order chi connectivity index (χ1) is 13.5. The van der Waals surface area contributed by atoms with Crippen molar-refractivity contribution in [1.29, 1.82) is 0 Å². The number of ether oxygens (including phenoxy) is 1. The minimum Gasteiger partial charge on any atom is -0.454 e. The first-order valence-corrected chi connectivity index (χ1v) is 8.86. The number of fused-ring (bicyclic) bond motifs is 2. The molecule has 3 aromatic carbocycles. The Hall–Kier alpha value is -3.80. The van der Waals surface area contributed by atoms with Crippen molar-refractivity contribution in [3.8, 4) is 11.5 Å². The zero-order chi connectivity index (χ0) is 19.7. The van der Waals surface area contributed by atoms with Gasteiger partial charge in [0, 0.05) is 11.4 Å². The standard InChI is InChI=1S/C22H19N3O3/c1-13-4-3-5-15(10-13)23-22(27)24-16-7-9-19-17(12-16)21(26)25-18-11-14(2)6-8-20(18)28-19/h3-12H,1-2H3,(H,25,26)(H2,23,24,27). The number of hydrogen-bond donors (Lipinski definition) is 3. The van der Waals surface area contributed by atoms with Crippen molar-refractivity contribution in [3.63, 3.8) is 0 Å². The largest absolute Gasteiger partial charge is 0.454 e. The second-order valence-electron chi connectivity index (χ2n) is 6.72. The molecule has 0 fully saturated rings. The highest BCUT2D eigenvalue weighted by Crippen LogP contribution is 2.37. The van der Waals surface area contributed by atoms with Gasteiger partial charge in [-0.05, 0) is 67.4 Å². The zero-order valence-corrected chi connectivity index (χ0v) is 15.5. The average Bonchev–Trinajstić information content (AvgIpc) is 2.77. The fourth-order valence-corrected chi connectivity index (χ4v) is 3.03. The maximum Gasteiger partial charge on any atom is 0.323 e. The van der Waals surface area contributed by atoms with Crippen LogP contribution in [-0.2, 0) is 0 Å². The van der Waals surface area contributed by atoms with Gasteiger partial charge in [-0.3, -0.25) is 4.79 Å². The van der Waals surface area contributed by atoms with E-state index in [9.17, 15) is 9.59 Å². The second kappa shape index (κ2) is 7.08. The molecule has 0 radical (unpaired) electrons. The van der Waals surface area contributed by atoms with Gasteiger partial charge in [0.25, 0.3) is 5.91 Å². The summed E-state index contributed by atoms with van der Waals surface area (Å²) >= 11 is 0. The molecule has 0 saturated carbocycles. The van der Waals surface area contributed by atoms with E-state index >= 15 is 0 Å². The normalized spacial score (nSPS) is 12.0. The van der Waals surface area contributed by atoms with Crippen molar-refractivity contribution in [2.45, 2.75) is 13.8 Å². The summed E-state index contributed by atoms with van der Waals surface area (Å²) < 4.78 is 5.88. The van der Waals surface area contributed by atoms with Gasteiger partial charge in [0.2, 0.25) is 0 Å². The molecular weight excluding hydrogens is 354 g/mol. The summed E-state index contributed by atoms with van der Waals surface area (Å²) in [5.74, 6) is 0.724. The van der Waals surface area contributed by atoms with Gasteiger partial charge in [-0.2, -0.15) is 0 Å². The van der Waals surface area contributed by atoms with Crippen LogP contribution >= 0.6 is 0 Å². The third-order valence-corrected chi connectivity index (χ3v) is 4.36. The summed E-state index contributed by atoms with van der Waals surface area (Å²) in [4.78, 5) is 24.9. The molecule has 3 amide bonds. The fourth-order valence-electron chi connectivity index (χ4n) is 3.03. The van der Waals surface area contributed by atoms with Crippen LogP contribution in [0.4, 0.5) is 21.9 Å². The molecule has 0 saturated heterocycles. The van der Waals surface area contributed by atoms with E-state index in [1.54, 1.807) is 18.2 Å². The van der Waals surface area contributed by atoms with Gasteiger partial charge in [-0.1, -0.05) is 18.2 Å². The molecule has 4 rings (SSSR count). The molecule has 1 aliphatic heterocycles. The smallest absolute Gasteiger partial charge is 0.323 e. The lowest BCUT2D eigenvalue weighted by molar-refractivity contribution is 0.102. The third kappa shape index (κ3) is 3.66. The van der Waals surface area contributed by atoms with Crippen LogP contribution in [0.25, 0.3) is 0 Å². The van der Waals surface area contributed by atoms with Crippen molar-refractivity contribution in [2.24, 2.45) is 0 Å². The molecule has 3 N–H and O–H groups in total. The highest BCUT2D eigenvalue weighted by atomic mass is 16.5. The minimum absolute atomic E-state index is 0.290. The number of carbonyl (C=O) groups is 2. The van der Waals surface area contributed by atoms with Crippen LogP contribution in [0.5, 0.6) is 11.5 Å². The summed E-state index contributed by atoms with van der Waals surface area (Å²) in [6.45, 7) is 3.90. The van der Waals surface area contributed by atoms with Crippen molar-refractivity contribution in [2.75, 3.05) is 16.0 Å². The lowest BCUT2D eigenvalue weighted by atomic mass is 10.1. The van der Waals surface area contributed by atoms with E-state index in [0.717, 1.165) is 11.1 Å². The fraction of sp³-hybridized carbons (Fsp3) is 0.0909. The molecule has 0 bridgehead atoms. The first-order valence-electron chi connectivity index (χ1n) is 8.86.